The van der Waals surface area contributed by atoms with E-state index in [0.717, 1.165) is 55.6 Å². The predicted molar refractivity (Wildman–Crippen MR) is 299 cm³/mol. The summed E-state index contributed by atoms with van der Waals surface area (Å²) in [5.74, 6) is 4.30. The van der Waals surface area contributed by atoms with Crippen LogP contribution in [-0.2, 0) is 0 Å². The quantitative estimate of drug-likeness (QED) is 0.0757. The van der Waals surface area contributed by atoms with Crippen molar-refractivity contribution >= 4 is 5.78 Å². The Morgan fingerprint density at radius 2 is 0.734 bits per heavy atom. The third-order valence-corrected chi connectivity index (χ3v) is 15.9. The lowest BCUT2D eigenvalue weighted by molar-refractivity contribution is 0.0948. The topological polar surface area (TPSA) is 128 Å². The van der Waals surface area contributed by atoms with Gasteiger partial charge in [-0.2, -0.15) is 0 Å². The van der Waals surface area contributed by atoms with Crippen LogP contribution in [0.1, 0.15) is 108 Å². The fraction of sp³-hybridized carbons (Fsp3) is 0.258. The number of hydrogen-bond donors (Lipinski definition) is 0. The van der Waals surface area contributed by atoms with E-state index in [1.807, 2.05) is 133 Å². The summed E-state index contributed by atoms with van der Waals surface area (Å²) in [6.07, 6.45) is -1.23. The lowest BCUT2D eigenvalue weighted by Crippen LogP contribution is -2.21. The highest BCUT2D eigenvalue weighted by atomic mass is 16.5. The standard InChI is InChI=1S/C66H62O13/c1-68-42-19-11-36(12-20-42)55-56(40-27-46(72-5)31-47(28-40)73-6)63(64(67)37-13-21-43(69-2)22-14-37)62-60(55)52(77-10)35-54-61(62)59(66(79-54)39-17-25-45(71-4)26-18-39)51-33-50(76-9)34-53-58(51)57(41-29-48(74-7)32-49(30-41)75-8)65(78-53)38-15-23-44(70-3)24-16-38/h11-35,55-57,59,63,65-66H,1-10H3/t55-,56-,57-,59+,63+,65+,66-/m1/s1. The number of carbonyl (C=O) groups is 1. The average molecular weight is 1060 g/mol. The highest BCUT2D eigenvalue weighted by molar-refractivity contribution is 6.04. The molecule has 1 aliphatic carbocycles. The van der Waals surface area contributed by atoms with E-state index in [0.29, 0.717) is 74.6 Å². The Hall–Kier alpha value is -8.97. The van der Waals surface area contributed by atoms with Crippen LogP contribution in [0.5, 0.6) is 69.0 Å². The van der Waals surface area contributed by atoms with E-state index in [-0.39, 0.29) is 5.78 Å². The maximum atomic E-state index is 16.4. The first-order valence-electron chi connectivity index (χ1n) is 25.9. The number of fused-ring (bicyclic) bond motifs is 4. The number of ketones is 1. The summed E-state index contributed by atoms with van der Waals surface area (Å²) in [5.41, 5.74) is 9.15. The molecule has 13 heteroatoms. The van der Waals surface area contributed by atoms with Gasteiger partial charge in [0.05, 0.1) is 88.9 Å². The van der Waals surface area contributed by atoms with Crippen LogP contribution in [0.2, 0.25) is 0 Å². The van der Waals surface area contributed by atoms with Gasteiger partial charge >= 0.3 is 0 Å². The molecule has 79 heavy (non-hydrogen) atoms. The number of Topliss-reactive ketones (excluding diaryl/α,β-unsaturated/α-hetero) is 1. The minimum atomic E-state index is -0.864. The van der Waals surface area contributed by atoms with Gasteiger partial charge in [-0.1, -0.05) is 36.4 Å². The fourth-order valence-electron chi connectivity index (χ4n) is 12.2. The van der Waals surface area contributed by atoms with Crippen molar-refractivity contribution in [1.29, 1.82) is 0 Å². The van der Waals surface area contributed by atoms with Crippen molar-refractivity contribution in [3.05, 3.63) is 213 Å². The van der Waals surface area contributed by atoms with Gasteiger partial charge in [0.25, 0.3) is 0 Å². The number of methoxy groups -OCH3 is 10. The first-order valence-corrected chi connectivity index (χ1v) is 25.9. The lowest BCUT2D eigenvalue weighted by Gasteiger charge is -2.28. The van der Waals surface area contributed by atoms with E-state index >= 15 is 4.79 Å². The Kier molecular flexibility index (Phi) is 14.4. The molecule has 0 saturated heterocycles. The summed E-state index contributed by atoms with van der Waals surface area (Å²) in [4.78, 5) is 16.4. The van der Waals surface area contributed by atoms with E-state index in [9.17, 15) is 0 Å². The Bertz CT molecular complexity index is 3480. The van der Waals surface area contributed by atoms with Crippen molar-refractivity contribution in [2.45, 2.75) is 41.8 Å². The predicted octanol–water partition coefficient (Wildman–Crippen LogP) is 13.2. The van der Waals surface area contributed by atoms with Gasteiger partial charge < -0.3 is 56.8 Å². The van der Waals surface area contributed by atoms with Gasteiger partial charge in [0.2, 0.25) is 0 Å². The summed E-state index contributed by atoms with van der Waals surface area (Å²) in [5, 5.41) is 0. The lowest BCUT2D eigenvalue weighted by atomic mass is 9.72. The second-order valence-corrected chi connectivity index (χ2v) is 19.7. The van der Waals surface area contributed by atoms with Crippen LogP contribution in [0.15, 0.2) is 152 Å². The zero-order valence-electron chi connectivity index (χ0n) is 45.8. The van der Waals surface area contributed by atoms with Crippen molar-refractivity contribution in [1.82, 2.24) is 0 Å². The van der Waals surface area contributed by atoms with Crippen LogP contribution in [0.3, 0.4) is 0 Å². The number of rotatable bonds is 18. The molecule has 8 aromatic carbocycles. The number of benzene rings is 8. The zero-order chi connectivity index (χ0) is 55.1. The number of carbonyl (C=O) groups excluding carboxylic acids is 1. The molecule has 0 amide bonds. The minimum absolute atomic E-state index is 0.117. The van der Waals surface area contributed by atoms with Crippen LogP contribution in [-0.4, -0.2) is 76.9 Å². The van der Waals surface area contributed by atoms with Gasteiger partial charge in [-0.3, -0.25) is 4.79 Å². The van der Waals surface area contributed by atoms with Crippen LogP contribution in [0, 0.1) is 0 Å². The molecule has 2 aliphatic heterocycles. The molecule has 7 atom stereocenters. The molecule has 11 rings (SSSR count). The summed E-state index contributed by atoms with van der Waals surface area (Å²) in [6, 6.07) is 49.1. The normalized spacial score (nSPS) is 19.4. The van der Waals surface area contributed by atoms with Gasteiger partial charge in [0.1, 0.15) is 81.2 Å². The molecule has 0 radical (unpaired) electrons. The van der Waals surface area contributed by atoms with Crippen molar-refractivity contribution in [2.24, 2.45) is 0 Å². The first-order chi connectivity index (χ1) is 38.6. The molecule has 0 N–H and O–H groups in total. The second kappa shape index (κ2) is 21.8. The summed E-state index contributed by atoms with van der Waals surface area (Å²) in [7, 11) is 16.4. The molecule has 0 saturated carbocycles. The molecule has 8 aromatic rings. The summed E-state index contributed by atoms with van der Waals surface area (Å²) in [6.45, 7) is 0. The third kappa shape index (κ3) is 9.26. The van der Waals surface area contributed by atoms with E-state index in [1.54, 1.807) is 71.1 Å². The molecule has 13 nitrogen and oxygen atoms in total. The van der Waals surface area contributed by atoms with Gasteiger partial charge in [-0.15, -0.1) is 0 Å². The second-order valence-electron chi connectivity index (χ2n) is 19.7. The average Bonchev–Trinajstić information content (AvgIpc) is 4.37. The van der Waals surface area contributed by atoms with Gasteiger partial charge in [0, 0.05) is 58.4 Å². The van der Waals surface area contributed by atoms with Gasteiger partial charge in [-0.05, 0) is 130 Å². The molecule has 0 aromatic heterocycles. The van der Waals surface area contributed by atoms with Crippen LogP contribution < -0.4 is 56.8 Å². The fourth-order valence-corrected chi connectivity index (χ4v) is 12.2. The zero-order valence-corrected chi connectivity index (χ0v) is 45.8. The molecule has 0 bridgehead atoms. The van der Waals surface area contributed by atoms with Gasteiger partial charge in [-0.25, -0.2) is 0 Å². The molecule has 2 heterocycles. The molecule has 3 aliphatic rings. The Labute approximate surface area is 460 Å². The maximum Gasteiger partial charge on any atom is 0.170 e. The largest absolute Gasteiger partial charge is 0.497 e. The van der Waals surface area contributed by atoms with Crippen molar-refractivity contribution < 1.29 is 61.6 Å². The van der Waals surface area contributed by atoms with Crippen LogP contribution in [0.25, 0.3) is 0 Å². The maximum absolute atomic E-state index is 16.4. The minimum Gasteiger partial charge on any atom is -0.497 e. The molecule has 0 fully saturated rings. The summed E-state index contributed by atoms with van der Waals surface area (Å²) >= 11 is 0. The molecule has 404 valence electrons. The highest BCUT2D eigenvalue weighted by Crippen LogP contribution is 2.67. The Morgan fingerprint density at radius 1 is 0.329 bits per heavy atom. The van der Waals surface area contributed by atoms with E-state index in [4.69, 9.17) is 56.8 Å². The Morgan fingerprint density at radius 3 is 1.19 bits per heavy atom. The number of ether oxygens (including phenoxy) is 12. The molecule has 0 spiro atoms. The monoisotopic (exact) mass is 1060 g/mol. The Balaban J connectivity index is 1.26. The SMILES string of the molecule is COc1ccc(C(=O)[C@@H]2c3c(c(OC)cc4c3[C@H](c3cc(OC)cc5c3[C@@H](c3cc(OC)cc(OC)c3)[C@H](c3ccc(OC)cc3)O5)[C@@H](c3ccc(OC)cc3)O4)[C@H](c3ccc(OC)cc3)[C@H]2c2cc(OC)cc(OC)c2)cc1. The van der Waals surface area contributed by atoms with Gasteiger partial charge in [0.15, 0.2) is 5.78 Å². The van der Waals surface area contributed by atoms with Crippen molar-refractivity contribution in [3.63, 3.8) is 0 Å². The van der Waals surface area contributed by atoms with Crippen molar-refractivity contribution in [3.8, 4) is 69.0 Å². The molecular formula is C66H62O13. The first kappa shape index (κ1) is 52.1. The van der Waals surface area contributed by atoms with E-state index < -0.39 is 41.8 Å². The number of hydrogen-bond acceptors (Lipinski definition) is 13. The third-order valence-electron chi connectivity index (χ3n) is 15.9. The highest BCUT2D eigenvalue weighted by Gasteiger charge is 2.54. The molecular weight excluding hydrogens is 1000 g/mol. The summed E-state index contributed by atoms with van der Waals surface area (Å²) < 4.78 is 74.2. The van der Waals surface area contributed by atoms with Crippen LogP contribution >= 0.6 is 0 Å². The smallest absolute Gasteiger partial charge is 0.170 e. The van der Waals surface area contributed by atoms with E-state index in [1.165, 1.54) is 0 Å². The van der Waals surface area contributed by atoms with Crippen LogP contribution in [0.4, 0.5) is 0 Å². The molecule has 0 unspecified atom stereocenters. The van der Waals surface area contributed by atoms with E-state index in [2.05, 4.69) is 18.2 Å². The van der Waals surface area contributed by atoms with Crippen molar-refractivity contribution in [2.75, 3.05) is 71.1 Å².